The second-order valence-corrected chi connectivity index (χ2v) is 4.09. The number of pyridine rings is 1. The Bertz CT molecular complexity index is 469. The highest BCUT2D eigenvalue weighted by Crippen LogP contribution is 2.08. The Kier molecular flexibility index (Phi) is 5.60. The fraction of sp³-hybridized carbons (Fsp3) is 0.300. The van der Waals surface area contributed by atoms with Gasteiger partial charge in [-0.15, -0.1) is 0 Å². The number of nitrogens with one attached hydrogen (secondary N) is 1. The van der Waals surface area contributed by atoms with Crippen molar-refractivity contribution < 1.29 is 9.72 Å². The second-order valence-electron chi connectivity index (χ2n) is 3.21. The van der Waals surface area contributed by atoms with E-state index in [2.05, 4.69) is 10.3 Å². The summed E-state index contributed by atoms with van der Waals surface area (Å²) < 4.78 is 0. The van der Waals surface area contributed by atoms with Crippen molar-refractivity contribution in [3.63, 3.8) is 0 Å². The molecule has 0 aliphatic carbocycles. The van der Waals surface area contributed by atoms with E-state index < -0.39 is 4.92 Å². The van der Waals surface area contributed by atoms with Crippen LogP contribution in [0.5, 0.6) is 0 Å². The van der Waals surface area contributed by atoms with Gasteiger partial charge in [-0.3, -0.25) is 14.9 Å². The molecule has 94 valence electrons. The Labute approximate surface area is 107 Å². The summed E-state index contributed by atoms with van der Waals surface area (Å²) in [5.41, 5.74) is -0.0227. The van der Waals surface area contributed by atoms with Gasteiger partial charge in [-0.2, -0.15) is 5.26 Å². The molecule has 0 saturated heterocycles. The van der Waals surface area contributed by atoms with Crippen molar-refractivity contribution in [2.45, 2.75) is 6.42 Å². The number of nitro groups is 1. The number of aromatic nitrogens is 1. The Morgan fingerprint density at radius 3 is 2.94 bits per heavy atom. The average Bonchev–Trinajstić information content (AvgIpc) is 2.38. The standard InChI is InChI=1S/C10H10N4O3S/c11-7-18-5-1-4-12-10(15)9-3-2-8(6-13-9)14(16)17/h2-3,6H,1,4-5H2,(H,12,15). The molecule has 0 saturated carbocycles. The molecule has 0 fully saturated rings. The number of thiocyanates is 1. The number of nitrogens with zero attached hydrogens (tertiary/aromatic N) is 3. The third-order valence-electron chi connectivity index (χ3n) is 1.96. The van der Waals surface area contributed by atoms with Crippen LogP contribution in [-0.4, -0.2) is 28.1 Å². The van der Waals surface area contributed by atoms with Gasteiger partial charge in [-0.25, -0.2) is 4.98 Å². The molecule has 0 atom stereocenters. The minimum Gasteiger partial charge on any atom is -0.351 e. The Morgan fingerprint density at radius 1 is 1.61 bits per heavy atom. The Hall–Kier alpha value is -2.14. The summed E-state index contributed by atoms with van der Waals surface area (Å²) in [6, 6.07) is 2.53. The molecular formula is C10H10N4O3S. The number of amides is 1. The number of carbonyl (C=O) groups is 1. The maximum Gasteiger partial charge on any atom is 0.287 e. The van der Waals surface area contributed by atoms with Crippen LogP contribution < -0.4 is 5.32 Å². The van der Waals surface area contributed by atoms with Crippen LogP contribution in [0.1, 0.15) is 16.9 Å². The molecular weight excluding hydrogens is 256 g/mol. The fourth-order valence-electron chi connectivity index (χ4n) is 1.11. The van der Waals surface area contributed by atoms with Gasteiger partial charge in [0, 0.05) is 18.4 Å². The monoisotopic (exact) mass is 266 g/mol. The third kappa shape index (κ3) is 4.39. The molecule has 1 aromatic rings. The van der Waals surface area contributed by atoms with Gasteiger partial charge in [0.2, 0.25) is 0 Å². The zero-order chi connectivity index (χ0) is 13.4. The molecule has 7 nitrogen and oxygen atoms in total. The van der Waals surface area contributed by atoms with Crippen molar-refractivity contribution >= 4 is 23.4 Å². The highest BCUT2D eigenvalue weighted by Gasteiger charge is 2.10. The molecule has 18 heavy (non-hydrogen) atoms. The summed E-state index contributed by atoms with van der Waals surface area (Å²) in [6.45, 7) is 0.437. The molecule has 0 radical (unpaired) electrons. The number of hydrogen-bond donors (Lipinski definition) is 1. The normalized spacial score (nSPS) is 9.50. The predicted octanol–water partition coefficient (Wildman–Crippen LogP) is 1.32. The Balaban J connectivity index is 2.42. The van der Waals surface area contributed by atoms with Gasteiger partial charge in [-0.1, -0.05) is 0 Å². The third-order valence-corrected chi connectivity index (χ3v) is 2.59. The minimum absolute atomic E-state index is 0.133. The average molecular weight is 266 g/mol. The van der Waals surface area contributed by atoms with Crippen LogP contribution in [0, 0.1) is 20.8 Å². The van der Waals surface area contributed by atoms with Crippen molar-refractivity contribution in [2.24, 2.45) is 0 Å². The summed E-state index contributed by atoms with van der Waals surface area (Å²) in [6.07, 6.45) is 1.72. The zero-order valence-electron chi connectivity index (χ0n) is 9.33. The van der Waals surface area contributed by atoms with Gasteiger partial charge in [0.15, 0.2) is 0 Å². The molecule has 1 aromatic heterocycles. The molecule has 0 aliphatic rings. The van der Waals surface area contributed by atoms with E-state index in [0.29, 0.717) is 18.7 Å². The van der Waals surface area contributed by atoms with E-state index in [9.17, 15) is 14.9 Å². The first-order valence-corrected chi connectivity index (χ1v) is 6.03. The van der Waals surface area contributed by atoms with Crippen LogP contribution >= 0.6 is 11.8 Å². The van der Waals surface area contributed by atoms with E-state index in [1.807, 2.05) is 5.40 Å². The second kappa shape index (κ2) is 7.24. The fourth-order valence-corrected chi connectivity index (χ4v) is 1.49. The minimum atomic E-state index is -0.576. The highest BCUT2D eigenvalue weighted by atomic mass is 32.2. The smallest absolute Gasteiger partial charge is 0.287 e. The number of rotatable bonds is 6. The van der Waals surface area contributed by atoms with Gasteiger partial charge in [0.1, 0.15) is 17.3 Å². The van der Waals surface area contributed by atoms with E-state index >= 15 is 0 Å². The molecule has 0 bridgehead atoms. The van der Waals surface area contributed by atoms with E-state index in [4.69, 9.17) is 5.26 Å². The molecule has 0 spiro atoms. The first-order valence-electron chi connectivity index (χ1n) is 5.04. The maximum absolute atomic E-state index is 11.5. The van der Waals surface area contributed by atoms with E-state index in [1.165, 1.54) is 12.1 Å². The number of hydrogen-bond acceptors (Lipinski definition) is 6. The highest BCUT2D eigenvalue weighted by molar-refractivity contribution is 8.03. The van der Waals surface area contributed by atoms with Crippen LogP contribution in [0.4, 0.5) is 5.69 Å². The Morgan fingerprint density at radius 2 is 2.39 bits per heavy atom. The molecule has 1 heterocycles. The quantitative estimate of drug-likeness (QED) is 0.360. The van der Waals surface area contributed by atoms with Crippen LogP contribution in [0.25, 0.3) is 0 Å². The van der Waals surface area contributed by atoms with Crippen molar-refractivity contribution in [3.8, 4) is 5.40 Å². The van der Waals surface area contributed by atoms with Crippen LogP contribution in [0.2, 0.25) is 0 Å². The van der Waals surface area contributed by atoms with Crippen molar-refractivity contribution in [3.05, 3.63) is 34.1 Å². The van der Waals surface area contributed by atoms with E-state index in [0.717, 1.165) is 18.0 Å². The van der Waals surface area contributed by atoms with Gasteiger partial charge in [0.05, 0.1) is 4.92 Å². The van der Waals surface area contributed by atoms with Crippen LogP contribution in [0.3, 0.4) is 0 Å². The molecule has 1 N–H and O–H groups in total. The van der Waals surface area contributed by atoms with Crippen LogP contribution in [-0.2, 0) is 0 Å². The lowest BCUT2D eigenvalue weighted by atomic mass is 10.3. The first kappa shape index (κ1) is 13.9. The van der Waals surface area contributed by atoms with Crippen molar-refractivity contribution in [1.29, 1.82) is 5.26 Å². The summed E-state index contributed by atoms with van der Waals surface area (Å²) in [5.74, 6) is 0.261. The number of thioether (sulfide) groups is 1. The zero-order valence-corrected chi connectivity index (χ0v) is 10.1. The topological polar surface area (TPSA) is 109 Å². The first-order chi connectivity index (χ1) is 8.65. The SMILES string of the molecule is N#CSCCCNC(=O)c1ccc([N+](=O)[O-])cn1. The summed E-state index contributed by atoms with van der Waals surface area (Å²) in [4.78, 5) is 25.1. The summed E-state index contributed by atoms with van der Waals surface area (Å²) in [7, 11) is 0. The molecule has 1 amide bonds. The van der Waals surface area contributed by atoms with Gasteiger partial charge >= 0.3 is 0 Å². The summed E-state index contributed by atoms with van der Waals surface area (Å²) in [5, 5.41) is 23.2. The summed E-state index contributed by atoms with van der Waals surface area (Å²) >= 11 is 1.12. The lowest BCUT2D eigenvalue weighted by Crippen LogP contribution is -2.25. The van der Waals surface area contributed by atoms with E-state index in [1.54, 1.807) is 0 Å². The largest absolute Gasteiger partial charge is 0.351 e. The van der Waals surface area contributed by atoms with Crippen molar-refractivity contribution in [1.82, 2.24) is 10.3 Å². The number of nitriles is 1. The number of carbonyl (C=O) groups excluding carboxylic acids is 1. The molecule has 1 rings (SSSR count). The molecule has 0 aromatic carbocycles. The van der Waals surface area contributed by atoms with Crippen molar-refractivity contribution in [2.75, 3.05) is 12.3 Å². The molecule has 0 unspecified atom stereocenters. The molecule has 0 aliphatic heterocycles. The van der Waals surface area contributed by atoms with Gasteiger partial charge in [0.25, 0.3) is 11.6 Å². The lowest BCUT2D eigenvalue weighted by molar-refractivity contribution is -0.385. The maximum atomic E-state index is 11.5. The molecule has 8 heteroatoms. The lowest BCUT2D eigenvalue weighted by Gasteiger charge is -2.02. The van der Waals surface area contributed by atoms with Crippen LogP contribution in [0.15, 0.2) is 18.3 Å². The van der Waals surface area contributed by atoms with Gasteiger partial charge in [-0.05, 0) is 24.2 Å². The predicted molar refractivity (Wildman–Crippen MR) is 65.9 cm³/mol. The van der Waals surface area contributed by atoms with E-state index in [-0.39, 0.29) is 17.3 Å². The van der Waals surface area contributed by atoms with Gasteiger partial charge < -0.3 is 5.32 Å².